The van der Waals surface area contributed by atoms with E-state index < -0.39 is 6.10 Å². The molecule has 44 heavy (non-hydrogen) atoms. The molecule has 0 N–H and O–H groups in total. The van der Waals surface area contributed by atoms with Gasteiger partial charge >= 0.3 is 5.97 Å². The Morgan fingerprint density at radius 3 is 1.05 bits per heavy atom. The summed E-state index contributed by atoms with van der Waals surface area (Å²) >= 11 is 0. The van der Waals surface area contributed by atoms with Gasteiger partial charge in [-0.2, -0.15) is 0 Å². The molecule has 0 aromatic heterocycles. The van der Waals surface area contributed by atoms with Crippen molar-refractivity contribution >= 4 is 5.97 Å². The number of esters is 1. The first-order valence-corrected chi connectivity index (χ1v) is 20.1. The molecule has 0 rings (SSSR count). The number of hydrogen-bond acceptors (Lipinski definition) is 4. The zero-order valence-corrected chi connectivity index (χ0v) is 30.5. The Bertz CT molecular complexity index is 537. The monoisotopic (exact) mass is 625 g/mol. The molecule has 0 saturated carbocycles. The molecule has 1 atom stereocenters. The summed E-state index contributed by atoms with van der Waals surface area (Å²) in [5, 5.41) is 0. The lowest BCUT2D eigenvalue weighted by atomic mass is 10.1. The average molecular weight is 625 g/mol. The Morgan fingerprint density at radius 2 is 0.682 bits per heavy atom. The minimum absolute atomic E-state index is 0.229. The van der Waals surface area contributed by atoms with Gasteiger partial charge in [-0.1, -0.05) is 201 Å². The highest BCUT2D eigenvalue weighted by atomic mass is 16.6. The van der Waals surface area contributed by atoms with Gasteiger partial charge in [0, 0.05) is 13.2 Å². The summed E-state index contributed by atoms with van der Waals surface area (Å²) in [6.45, 7) is 8.99. The molecule has 0 saturated heterocycles. The predicted octanol–water partition coefficient (Wildman–Crippen LogP) is 13.1. The minimum Gasteiger partial charge on any atom is -0.464 e. The second kappa shape index (κ2) is 38.6. The van der Waals surface area contributed by atoms with E-state index in [0.717, 1.165) is 25.7 Å². The topological polar surface area (TPSA) is 44.8 Å². The molecule has 0 bridgehead atoms. The fourth-order valence-corrected chi connectivity index (χ4v) is 5.91. The van der Waals surface area contributed by atoms with E-state index in [4.69, 9.17) is 14.2 Å². The number of ether oxygens (including phenoxy) is 3. The maximum absolute atomic E-state index is 12.8. The second-order valence-corrected chi connectivity index (χ2v) is 13.5. The Labute approximate surface area is 276 Å². The number of unbranched alkanes of at least 4 members (excludes halogenated alkanes) is 28. The van der Waals surface area contributed by atoms with Crippen LogP contribution in [0.25, 0.3) is 0 Å². The van der Waals surface area contributed by atoms with Crippen molar-refractivity contribution < 1.29 is 19.0 Å². The van der Waals surface area contributed by atoms with Crippen molar-refractivity contribution in [2.45, 2.75) is 226 Å². The fourth-order valence-electron chi connectivity index (χ4n) is 5.91. The van der Waals surface area contributed by atoms with E-state index in [0.29, 0.717) is 26.4 Å². The Hall–Kier alpha value is -0.610. The first kappa shape index (κ1) is 43.4. The summed E-state index contributed by atoms with van der Waals surface area (Å²) in [5.74, 6) is -0.229. The predicted molar refractivity (Wildman–Crippen MR) is 192 cm³/mol. The normalized spacial score (nSPS) is 12.2. The number of carbonyl (C=O) groups excluding carboxylic acids is 1. The molecule has 264 valence electrons. The van der Waals surface area contributed by atoms with E-state index in [9.17, 15) is 4.79 Å². The van der Waals surface area contributed by atoms with Crippen LogP contribution in [0.3, 0.4) is 0 Å². The van der Waals surface area contributed by atoms with Crippen LogP contribution in [0, 0.1) is 0 Å². The third kappa shape index (κ3) is 34.3. The van der Waals surface area contributed by atoms with Crippen molar-refractivity contribution in [3.05, 3.63) is 0 Å². The number of rotatable bonds is 38. The van der Waals surface area contributed by atoms with Crippen LogP contribution >= 0.6 is 0 Å². The van der Waals surface area contributed by atoms with Crippen molar-refractivity contribution in [1.29, 1.82) is 0 Å². The van der Waals surface area contributed by atoms with Crippen molar-refractivity contribution in [2.24, 2.45) is 0 Å². The molecule has 0 aliphatic carbocycles. The smallest absolute Gasteiger partial charge is 0.337 e. The molecule has 0 radical (unpaired) electrons. The molecule has 0 aromatic carbocycles. The fraction of sp³-hybridized carbons (Fsp3) is 0.975. The van der Waals surface area contributed by atoms with Crippen LogP contribution in [-0.2, 0) is 19.0 Å². The third-order valence-corrected chi connectivity index (χ3v) is 8.98. The molecule has 0 fully saturated rings. The Kier molecular flexibility index (Phi) is 38.0. The highest BCUT2D eigenvalue weighted by molar-refractivity contribution is 5.74. The van der Waals surface area contributed by atoms with Crippen LogP contribution in [-0.4, -0.2) is 38.5 Å². The SMILES string of the molecule is CCCCCCCCCCCCCOC(=O)C(COCCCCCCCCCCCC)OCCCCCCCCCCCC. The number of carbonyl (C=O) groups is 1. The molecule has 1 unspecified atom stereocenters. The van der Waals surface area contributed by atoms with Crippen LogP contribution in [0.2, 0.25) is 0 Å². The third-order valence-electron chi connectivity index (χ3n) is 8.98. The van der Waals surface area contributed by atoms with Crippen molar-refractivity contribution in [1.82, 2.24) is 0 Å². The lowest BCUT2D eigenvalue weighted by molar-refractivity contribution is -0.161. The summed E-state index contributed by atoms with van der Waals surface area (Å²) in [6.07, 6.45) is 39.8. The molecule has 0 amide bonds. The molecule has 0 aliphatic heterocycles. The summed E-state index contributed by atoms with van der Waals surface area (Å²) in [5.41, 5.74) is 0. The van der Waals surface area contributed by atoms with Crippen LogP contribution in [0.4, 0.5) is 0 Å². The van der Waals surface area contributed by atoms with Crippen molar-refractivity contribution in [3.63, 3.8) is 0 Å². The van der Waals surface area contributed by atoms with Crippen LogP contribution in [0.15, 0.2) is 0 Å². The maximum Gasteiger partial charge on any atom is 0.337 e. The zero-order valence-electron chi connectivity index (χ0n) is 30.5. The van der Waals surface area contributed by atoms with Gasteiger partial charge < -0.3 is 14.2 Å². The van der Waals surface area contributed by atoms with E-state index in [1.807, 2.05) is 0 Å². The zero-order chi connectivity index (χ0) is 32.0. The minimum atomic E-state index is -0.579. The van der Waals surface area contributed by atoms with Gasteiger partial charge in [0.25, 0.3) is 0 Å². The molecule has 4 heteroatoms. The van der Waals surface area contributed by atoms with E-state index >= 15 is 0 Å². The highest BCUT2D eigenvalue weighted by Crippen LogP contribution is 2.14. The van der Waals surface area contributed by atoms with Gasteiger partial charge in [0.1, 0.15) is 0 Å². The van der Waals surface area contributed by atoms with Gasteiger partial charge in [-0.3, -0.25) is 0 Å². The van der Waals surface area contributed by atoms with E-state index in [1.165, 1.54) is 173 Å². The maximum atomic E-state index is 12.8. The standard InChI is InChI=1S/C40H80O4/c1-4-7-10-13-16-19-22-25-28-31-34-37-44-40(41)39(43-36-33-30-27-24-21-18-15-12-9-6-3)38-42-35-32-29-26-23-20-17-14-11-8-5-2/h39H,4-38H2,1-3H3. The van der Waals surface area contributed by atoms with Crippen molar-refractivity contribution in [2.75, 3.05) is 26.4 Å². The lowest BCUT2D eigenvalue weighted by Gasteiger charge is -2.17. The Balaban J connectivity index is 4.06. The Morgan fingerprint density at radius 1 is 0.386 bits per heavy atom. The van der Waals surface area contributed by atoms with Gasteiger partial charge in [-0.25, -0.2) is 4.79 Å². The average Bonchev–Trinajstić information content (AvgIpc) is 3.03. The lowest BCUT2D eigenvalue weighted by Crippen LogP contribution is -2.32. The first-order valence-electron chi connectivity index (χ1n) is 20.1. The molecule has 0 aromatic rings. The molecule has 0 spiro atoms. The molecular formula is C40H80O4. The first-order chi connectivity index (χ1) is 21.8. The van der Waals surface area contributed by atoms with Crippen molar-refractivity contribution in [3.8, 4) is 0 Å². The second-order valence-electron chi connectivity index (χ2n) is 13.5. The highest BCUT2D eigenvalue weighted by Gasteiger charge is 2.21. The van der Waals surface area contributed by atoms with E-state index in [-0.39, 0.29) is 5.97 Å². The number of hydrogen-bond donors (Lipinski definition) is 0. The van der Waals surface area contributed by atoms with Gasteiger partial charge in [0.2, 0.25) is 0 Å². The summed E-state index contributed by atoms with van der Waals surface area (Å²) in [4.78, 5) is 12.8. The summed E-state index contributed by atoms with van der Waals surface area (Å²) in [6, 6.07) is 0. The quantitative estimate of drug-likeness (QED) is 0.0506. The van der Waals surface area contributed by atoms with Crippen LogP contribution in [0.1, 0.15) is 220 Å². The van der Waals surface area contributed by atoms with Crippen LogP contribution < -0.4 is 0 Å². The van der Waals surface area contributed by atoms with Gasteiger partial charge in [-0.05, 0) is 19.3 Å². The molecule has 4 nitrogen and oxygen atoms in total. The summed E-state index contributed by atoms with van der Waals surface area (Å²) in [7, 11) is 0. The largest absolute Gasteiger partial charge is 0.464 e. The van der Waals surface area contributed by atoms with Gasteiger partial charge in [0.05, 0.1) is 13.2 Å². The van der Waals surface area contributed by atoms with Gasteiger partial charge in [0.15, 0.2) is 6.10 Å². The molecular weight excluding hydrogens is 544 g/mol. The van der Waals surface area contributed by atoms with Gasteiger partial charge in [-0.15, -0.1) is 0 Å². The van der Waals surface area contributed by atoms with Crippen LogP contribution in [0.5, 0.6) is 0 Å². The summed E-state index contributed by atoms with van der Waals surface area (Å²) < 4.78 is 17.6. The molecule has 0 aliphatic rings. The van der Waals surface area contributed by atoms with E-state index in [2.05, 4.69) is 20.8 Å². The molecule has 0 heterocycles. The van der Waals surface area contributed by atoms with E-state index in [1.54, 1.807) is 0 Å².